The zero-order valence-corrected chi connectivity index (χ0v) is 12.3. The van der Waals surface area contributed by atoms with E-state index < -0.39 is 0 Å². The Labute approximate surface area is 123 Å². The summed E-state index contributed by atoms with van der Waals surface area (Å²) < 4.78 is 16.6. The molecule has 1 heterocycles. The van der Waals surface area contributed by atoms with E-state index in [0.29, 0.717) is 5.75 Å². The third-order valence-electron chi connectivity index (χ3n) is 3.95. The summed E-state index contributed by atoms with van der Waals surface area (Å²) in [7, 11) is 3.18. The van der Waals surface area contributed by atoms with Crippen molar-refractivity contribution in [1.82, 2.24) is 0 Å². The highest BCUT2D eigenvalue weighted by atomic mass is 16.5. The summed E-state index contributed by atoms with van der Waals surface area (Å²) in [6.07, 6.45) is -0.120. The molecule has 2 atom stereocenters. The molecule has 2 aromatic rings. The number of methoxy groups -OCH3 is 2. The minimum Gasteiger partial charge on any atom is -0.504 e. The monoisotopic (exact) mass is 286 g/mol. The van der Waals surface area contributed by atoms with E-state index in [1.165, 1.54) is 7.11 Å². The van der Waals surface area contributed by atoms with Crippen molar-refractivity contribution in [2.75, 3.05) is 14.2 Å². The molecule has 0 fully saturated rings. The van der Waals surface area contributed by atoms with Crippen molar-refractivity contribution in [3.63, 3.8) is 0 Å². The lowest BCUT2D eigenvalue weighted by molar-refractivity contribution is 0.207. The van der Waals surface area contributed by atoms with Crippen molar-refractivity contribution >= 4 is 0 Å². The molecular weight excluding hydrogens is 268 g/mol. The Balaban J connectivity index is 1.99. The maximum atomic E-state index is 9.71. The Bertz CT molecular complexity index is 666. The molecule has 3 rings (SSSR count). The average Bonchev–Trinajstić information content (AvgIpc) is 2.85. The van der Waals surface area contributed by atoms with Crippen LogP contribution in [0, 0.1) is 0 Å². The summed E-state index contributed by atoms with van der Waals surface area (Å²) in [5.41, 5.74) is 2.10. The Morgan fingerprint density at radius 3 is 2.52 bits per heavy atom. The maximum absolute atomic E-state index is 9.71. The van der Waals surface area contributed by atoms with Crippen LogP contribution in [0.2, 0.25) is 0 Å². The second-order valence-corrected chi connectivity index (χ2v) is 5.14. The van der Waals surface area contributed by atoms with Crippen molar-refractivity contribution in [1.29, 1.82) is 0 Å². The van der Waals surface area contributed by atoms with Gasteiger partial charge in [-0.2, -0.15) is 0 Å². The maximum Gasteiger partial charge on any atom is 0.165 e. The van der Waals surface area contributed by atoms with Crippen molar-refractivity contribution in [3.8, 4) is 23.0 Å². The van der Waals surface area contributed by atoms with Gasteiger partial charge in [0.05, 0.1) is 14.2 Å². The second-order valence-electron chi connectivity index (χ2n) is 5.14. The topological polar surface area (TPSA) is 47.9 Å². The number of fused-ring (bicyclic) bond motifs is 1. The number of rotatable bonds is 3. The van der Waals surface area contributed by atoms with Crippen LogP contribution in [0.25, 0.3) is 0 Å². The van der Waals surface area contributed by atoms with Gasteiger partial charge >= 0.3 is 0 Å². The van der Waals surface area contributed by atoms with Crippen LogP contribution in [-0.2, 0) is 0 Å². The summed E-state index contributed by atoms with van der Waals surface area (Å²) in [6, 6.07) is 11.2. The van der Waals surface area contributed by atoms with Gasteiger partial charge in [0.25, 0.3) is 0 Å². The van der Waals surface area contributed by atoms with Gasteiger partial charge in [-0.3, -0.25) is 0 Å². The molecule has 4 nitrogen and oxygen atoms in total. The smallest absolute Gasteiger partial charge is 0.165 e. The largest absolute Gasteiger partial charge is 0.504 e. The molecule has 0 aromatic heterocycles. The van der Waals surface area contributed by atoms with Crippen molar-refractivity contribution < 1.29 is 19.3 Å². The molecule has 1 aliphatic rings. The first kappa shape index (κ1) is 13.6. The first-order valence-corrected chi connectivity index (χ1v) is 6.86. The van der Waals surface area contributed by atoms with Crippen molar-refractivity contribution in [2.24, 2.45) is 0 Å². The molecule has 0 amide bonds. The summed E-state index contributed by atoms with van der Waals surface area (Å²) >= 11 is 0. The van der Waals surface area contributed by atoms with E-state index in [4.69, 9.17) is 14.2 Å². The number of para-hydroxylation sites is 1. The van der Waals surface area contributed by atoms with E-state index >= 15 is 0 Å². The van der Waals surface area contributed by atoms with E-state index in [2.05, 4.69) is 13.0 Å². The van der Waals surface area contributed by atoms with E-state index in [1.54, 1.807) is 13.2 Å². The Morgan fingerprint density at radius 1 is 1.05 bits per heavy atom. The third kappa shape index (κ3) is 2.17. The summed E-state index contributed by atoms with van der Waals surface area (Å²) in [4.78, 5) is 0. The SMILES string of the molecule is COc1cc(C2Oc3c(OC)cccc3C2C)ccc1O. The molecule has 0 radical (unpaired) electrons. The zero-order chi connectivity index (χ0) is 15.0. The number of aromatic hydroxyl groups is 1. The van der Waals surface area contributed by atoms with Gasteiger partial charge in [-0.05, 0) is 23.8 Å². The van der Waals surface area contributed by atoms with Crippen LogP contribution >= 0.6 is 0 Å². The van der Waals surface area contributed by atoms with Crippen LogP contribution in [0.4, 0.5) is 0 Å². The molecular formula is C17H18O4. The van der Waals surface area contributed by atoms with Gasteiger partial charge in [-0.25, -0.2) is 0 Å². The molecule has 0 spiro atoms. The Morgan fingerprint density at radius 2 is 1.81 bits per heavy atom. The van der Waals surface area contributed by atoms with Gasteiger partial charge in [0.1, 0.15) is 6.10 Å². The lowest BCUT2D eigenvalue weighted by atomic mass is 9.92. The van der Waals surface area contributed by atoms with Crippen LogP contribution in [0.3, 0.4) is 0 Å². The van der Waals surface area contributed by atoms with Crippen LogP contribution in [0.5, 0.6) is 23.0 Å². The zero-order valence-electron chi connectivity index (χ0n) is 12.3. The van der Waals surface area contributed by atoms with Crippen molar-refractivity contribution in [3.05, 3.63) is 47.5 Å². The first-order chi connectivity index (χ1) is 10.2. The summed E-state index contributed by atoms with van der Waals surface area (Å²) in [5.74, 6) is 2.31. The number of phenols is 1. The number of hydrogen-bond acceptors (Lipinski definition) is 4. The molecule has 2 aromatic carbocycles. The van der Waals surface area contributed by atoms with Crippen LogP contribution in [0.15, 0.2) is 36.4 Å². The number of benzene rings is 2. The molecule has 4 heteroatoms. The molecule has 110 valence electrons. The highest BCUT2D eigenvalue weighted by molar-refractivity contribution is 5.53. The van der Waals surface area contributed by atoms with Gasteiger partial charge in [0.2, 0.25) is 0 Å². The fourth-order valence-electron chi connectivity index (χ4n) is 2.80. The highest BCUT2D eigenvalue weighted by Crippen LogP contribution is 2.50. The minimum absolute atomic E-state index is 0.120. The van der Waals surface area contributed by atoms with E-state index in [9.17, 15) is 5.11 Å². The van der Waals surface area contributed by atoms with E-state index in [-0.39, 0.29) is 17.8 Å². The third-order valence-corrected chi connectivity index (χ3v) is 3.95. The second kappa shape index (κ2) is 5.20. The van der Waals surface area contributed by atoms with Crippen molar-refractivity contribution in [2.45, 2.75) is 18.9 Å². The number of hydrogen-bond donors (Lipinski definition) is 1. The quantitative estimate of drug-likeness (QED) is 0.935. The fourth-order valence-corrected chi connectivity index (χ4v) is 2.80. The lowest BCUT2D eigenvalue weighted by Gasteiger charge is -2.17. The predicted molar refractivity (Wildman–Crippen MR) is 79.4 cm³/mol. The Hall–Kier alpha value is -2.36. The number of phenolic OH excluding ortho intramolecular Hbond substituents is 1. The normalized spacial score (nSPS) is 19.8. The Kier molecular flexibility index (Phi) is 3.37. The fraction of sp³-hybridized carbons (Fsp3) is 0.294. The van der Waals surface area contributed by atoms with Gasteiger partial charge in [-0.15, -0.1) is 0 Å². The predicted octanol–water partition coefficient (Wildman–Crippen LogP) is 3.65. The van der Waals surface area contributed by atoms with Crippen LogP contribution < -0.4 is 14.2 Å². The lowest BCUT2D eigenvalue weighted by Crippen LogP contribution is -2.07. The van der Waals surface area contributed by atoms with Gasteiger partial charge in [0.15, 0.2) is 23.0 Å². The molecule has 2 unspecified atom stereocenters. The molecule has 0 aliphatic carbocycles. The minimum atomic E-state index is -0.120. The summed E-state index contributed by atoms with van der Waals surface area (Å²) in [5, 5.41) is 9.71. The van der Waals surface area contributed by atoms with Crippen LogP contribution in [-0.4, -0.2) is 19.3 Å². The molecule has 21 heavy (non-hydrogen) atoms. The van der Waals surface area contributed by atoms with E-state index in [1.807, 2.05) is 24.3 Å². The molecule has 0 saturated carbocycles. The highest BCUT2D eigenvalue weighted by Gasteiger charge is 2.34. The van der Waals surface area contributed by atoms with Crippen LogP contribution in [0.1, 0.15) is 30.1 Å². The average molecular weight is 286 g/mol. The first-order valence-electron chi connectivity index (χ1n) is 6.86. The van der Waals surface area contributed by atoms with E-state index in [0.717, 1.165) is 22.6 Å². The molecule has 0 bridgehead atoms. The molecule has 1 N–H and O–H groups in total. The molecule has 0 saturated heterocycles. The van der Waals surface area contributed by atoms with Gasteiger partial charge in [0, 0.05) is 11.5 Å². The number of ether oxygens (including phenoxy) is 3. The molecule has 1 aliphatic heterocycles. The van der Waals surface area contributed by atoms with Gasteiger partial charge in [-0.1, -0.05) is 25.1 Å². The standard InChI is InChI=1S/C17H18O4/c1-10-12-5-4-6-14(19-2)17(12)21-16(10)11-7-8-13(18)15(9-11)20-3/h4-10,16,18H,1-3H3. The summed E-state index contributed by atoms with van der Waals surface area (Å²) in [6.45, 7) is 2.12. The van der Waals surface area contributed by atoms with Gasteiger partial charge < -0.3 is 19.3 Å².